The number of carbonyl (C=O) groups excluding carboxylic acids is 1. The smallest absolute Gasteiger partial charge is 0.250 e. The summed E-state index contributed by atoms with van der Waals surface area (Å²) in [6.07, 6.45) is 0. The molecule has 0 spiro atoms. The molecule has 0 aliphatic heterocycles. The van der Waals surface area contributed by atoms with Gasteiger partial charge in [-0.3, -0.25) is 4.79 Å². The third-order valence-corrected chi connectivity index (χ3v) is 3.76. The third-order valence-electron chi connectivity index (χ3n) is 3.10. The van der Waals surface area contributed by atoms with Crippen LogP contribution in [0.15, 0.2) is 36.4 Å². The molecular weight excluding hydrogens is 309 g/mol. The Morgan fingerprint density at radius 2 is 1.86 bits per heavy atom. The normalized spacial score (nSPS) is 10.4. The van der Waals surface area contributed by atoms with Gasteiger partial charge in [-0.25, -0.2) is 0 Å². The maximum absolute atomic E-state index is 11.6. The Morgan fingerprint density at radius 1 is 1.19 bits per heavy atom. The van der Waals surface area contributed by atoms with Crippen LogP contribution in [-0.2, 0) is 6.54 Å². The monoisotopic (exact) mass is 323 g/mol. The summed E-state index contributed by atoms with van der Waals surface area (Å²) >= 11 is 12.4. The van der Waals surface area contributed by atoms with Gasteiger partial charge in [-0.1, -0.05) is 41.4 Å². The molecule has 0 bridgehead atoms. The van der Waals surface area contributed by atoms with Crippen LogP contribution < -0.4 is 16.4 Å². The lowest BCUT2D eigenvalue weighted by Gasteiger charge is -2.23. The molecule has 0 aromatic heterocycles. The Morgan fingerprint density at radius 3 is 2.48 bits per heavy atom. The van der Waals surface area contributed by atoms with Gasteiger partial charge in [-0.2, -0.15) is 0 Å². The third kappa shape index (κ3) is 3.40. The number of amides is 1. The number of hydrogen-bond donors (Lipinski definition) is 2. The van der Waals surface area contributed by atoms with Gasteiger partial charge in [-0.15, -0.1) is 0 Å². The fourth-order valence-corrected chi connectivity index (χ4v) is 2.72. The highest BCUT2D eigenvalue weighted by atomic mass is 35.5. The van der Waals surface area contributed by atoms with Gasteiger partial charge >= 0.3 is 0 Å². The predicted octanol–water partition coefficient (Wildman–Crippen LogP) is 3.31. The van der Waals surface area contributed by atoms with E-state index in [9.17, 15) is 4.79 Å². The van der Waals surface area contributed by atoms with Crippen LogP contribution in [0, 0.1) is 0 Å². The van der Waals surface area contributed by atoms with Gasteiger partial charge in [0.2, 0.25) is 0 Å². The van der Waals surface area contributed by atoms with E-state index in [2.05, 4.69) is 0 Å². The van der Waals surface area contributed by atoms with Crippen molar-refractivity contribution < 1.29 is 4.79 Å². The van der Waals surface area contributed by atoms with Gasteiger partial charge in [0.1, 0.15) is 0 Å². The first kappa shape index (κ1) is 15.5. The lowest BCUT2D eigenvalue weighted by atomic mass is 10.1. The van der Waals surface area contributed by atoms with Crippen LogP contribution in [-0.4, -0.2) is 13.0 Å². The molecule has 1 amide bonds. The highest BCUT2D eigenvalue weighted by molar-refractivity contribution is 6.34. The van der Waals surface area contributed by atoms with Gasteiger partial charge in [-0.05, 0) is 23.8 Å². The Hall–Kier alpha value is -1.91. The Balaban J connectivity index is 2.42. The molecule has 2 rings (SSSR count). The summed E-state index contributed by atoms with van der Waals surface area (Å²) in [6, 6.07) is 10.6. The first-order valence-electron chi connectivity index (χ1n) is 6.23. The molecule has 0 heterocycles. The van der Waals surface area contributed by atoms with E-state index < -0.39 is 5.91 Å². The molecule has 0 unspecified atom stereocenters. The summed E-state index contributed by atoms with van der Waals surface area (Å²) in [5, 5.41) is 1.02. The average molecular weight is 324 g/mol. The summed E-state index contributed by atoms with van der Waals surface area (Å²) < 4.78 is 0. The molecule has 2 aromatic carbocycles. The number of nitrogens with zero attached hydrogens (tertiary/aromatic N) is 1. The molecule has 2 aromatic rings. The van der Waals surface area contributed by atoms with Gasteiger partial charge in [0.15, 0.2) is 0 Å². The fourth-order valence-electron chi connectivity index (χ4n) is 2.16. The maximum Gasteiger partial charge on any atom is 0.250 e. The Labute approximate surface area is 133 Å². The number of hydrogen-bond acceptors (Lipinski definition) is 3. The number of carbonyl (C=O) groups is 1. The predicted molar refractivity (Wildman–Crippen MR) is 87.9 cm³/mol. The van der Waals surface area contributed by atoms with E-state index in [1.807, 2.05) is 36.2 Å². The van der Waals surface area contributed by atoms with Crippen LogP contribution in [0.3, 0.4) is 0 Å². The fraction of sp³-hybridized carbons (Fsp3) is 0.133. The van der Waals surface area contributed by atoms with Crippen molar-refractivity contribution in [3.8, 4) is 0 Å². The molecule has 0 atom stereocenters. The van der Waals surface area contributed by atoms with Crippen molar-refractivity contribution in [1.29, 1.82) is 0 Å². The van der Waals surface area contributed by atoms with Crippen molar-refractivity contribution in [3.05, 3.63) is 57.6 Å². The average Bonchev–Trinajstić information content (AvgIpc) is 2.40. The van der Waals surface area contributed by atoms with Gasteiger partial charge < -0.3 is 16.4 Å². The van der Waals surface area contributed by atoms with Crippen molar-refractivity contribution in [1.82, 2.24) is 0 Å². The number of anilines is 2. The molecule has 110 valence electrons. The van der Waals surface area contributed by atoms with Crippen LogP contribution in [0.5, 0.6) is 0 Å². The molecular formula is C15H15Cl2N3O. The zero-order valence-corrected chi connectivity index (χ0v) is 12.9. The molecule has 0 radical (unpaired) electrons. The van der Waals surface area contributed by atoms with E-state index >= 15 is 0 Å². The quantitative estimate of drug-likeness (QED) is 0.848. The first-order chi connectivity index (χ1) is 9.90. The molecule has 0 saturated heterocycles. The lowest BCUT2D eigenvalue weighted by Crippen LogP contribution is -2.23. The maximum atomic E-state index is 11.6. The molecule has 0 fully saturated rings. The summed E-state index contributed by atoms with van der Waals surface area (Å²) in [5.74, 6) is -0.579. The van der Waals surface area contributed by atoms with E-state index in [4.69, 9.17) is 34.7 Å². The standard InChI is InChI=1S/C15H15Cl2N3O/c1-20(8-9-4-2-3-5-12(9)16)14-11(15(19)21)6-10(18)7-13(14)17/h2-7H,8,18H2,1H3,(H2,19,21). The molecule has 4 N–H and O–H groups in total. The minimum atomic E-state index is -0.579. The second kappa shape index (κ2) is 6.24. The Bertz CT molecular complexity index is 689. The van der Waals surface area contributed by atoms with E-state index in [0.29, 0.717) is 28.0 Å². The molecule has 6 heteroatoms. The van der Waals surface area contributed by atoms with Crippen molar-refractivity contribution >= 4 is 40.5 Å². The number of benzene rings is 2. The SMILES string of the molecule is CN(Cc1ccccc1Cl)c1c(Cl)cc(N)cc1C(N)=O. The highest BCUT2D eigenvalue weighted by Gasteiger charge is 2.17. The van der Waals surface area contributed by atoms with Crippen LogP contribution in [0.2, 0.25) is 10.0 Å². The van der Waals surface area contributed by atoms with E-state index in [1.54, 1.807) is 6.07 Å². The van der Waals surface area contributed by atoms with E-state index in [0.717, 1.165) is 5.56 Å². The largest absolute Gasteiger partial charge is 0.399 e. The summed E-state index contributed by atoms with van der Waals surface area (Å²) in [6.45, 7) is 0.490. The summed E-state index contributed by atoms with van der Waals surface area (Å²) in [4.78, 5) is 13.4. The van der Waals surface area contributed by atoms with Crippen LogP contribution in [0.4, 0.5) is 11.4 Å². The summed E-state index contributed by atoms with van der Waals surface area (Å²) in [5.41, 5.74) is 13.3. The molecule has 21 heavy (non-hydrogen) atoms. The number of rotatable bonds is 4. The zero-order chi connectivity index (χ0) is 15.6. The first-order valence-corrected chi connectivity index (χ1v) is 6.99. The minimum Gasteiger partial charge on any atom is -0.399 e. The van der Waals surface area contributed by atoms with Crippen molar-refractivity contribution in [2.75, 3.05) is 17.7 Å². The van der Waals surface area contributed by atoms with Crippen molar-refractivity contribution in [3.63, 3.8) is 0 Å². The highest BCUT2D eigenvalue weighted by Crippen LogP contribution is 2.33. The number of halogens is 2. The van der Waals surface area contributed by atoms with Crippen molar-refractivity contribution in [2.45, 2.75) is 6.54 Å². The molecule has 4 nitrogen and oxygen atoms in total. The van der Waals surface area contributed by atoms with Gasteiger partial charge in [0.25, 0.3) is 5.91 Å². The second-order valence-corrected chi connectivity index (χ2v) is 5.53. The number of nitrogens with two attached hydrogens (primary N) is 2. The second-order valence-electron chi connectivity index (χ2n) is 4.71. The van der Waals surface area contributed by atoms with Crippen LogP contribution >= 0.6 is 23.2 Å². The number of nitrogen functional groups attached to an aromatic ring is 1. The van der Waals surface area contributed by atoms with E-state index in [-0.39, 0.29) is 5.56 Å². The van der Waals surface area contributed by atoms with Crippen LogP contribution in [0.1, 0.15) is 15.9 Å². The molecule has 0 aliphatic carbocycles. The molecule has 0 aliphatic rings. The zero-order valence-electron chi connectivity index (χ0n) is 11.4. The van der Waals surface area contributed by atoms with Crippen molar-refractivity contribution in [2.24, 2.45) is 5.73 Å². The summed E-state index contributed by atoms with van der Waals surface area (Å²) in [7, 11) is 1.81. The topological polar surface area (TPSA) is 72.3 Å². The molecule has 0 saturated carbocycles. The van der Waals surface area contributed by atoms with Gasteiger partial charge in [0, 0.05) is 24.3 Å². The minimum absolute atomic E-state index is 0.287. The lowest BCUT2D eigenvalue weighted by molar-refractivity contribution is 0.100. The van der Waals surface area contributed by atoms with Crippen LogP contribution in [0.25, 0.3) is 0 Å². The van der Waals surface area contributed by atoms with E-state index in [1.165, 1.54) is 6.07 Å². The number of primary amides is 1. The van der Waals surface area contributed by atoms with Gasteiger partial charge in [0.05, 0.1) is 16.3 Å². The Kier molecular flexibility index (Phi) is 4.60.